The van der Waals surface area contributed by atoms with Gasteiger partial charge in [0.1, 0.15) is 0 Å². The van der Waals surface area contributed by atoms with Gasteiger partial charge in [0.15, 0.2) is 0 Å². The summed E-state index contributed by atoms with van der Waals surface area (Å²) in [6.45, 7) is 0.834. The van der Waals surface area contributed by atoms with Gasteiger partial charge < -0.3 is 10.6 Å². The quantitative estimate of drug-likeness (QED) is 0.622. The van der Waals surface area contributed by atoms with Gasteiger partial charge in [-0.15, -0.1) is 11.3 Å². The SMILES string of the molecule is CNCNc1cccs1. The van der Waals surface area contributed by atoms with Crippen molar-refractivity contribution >= 4 is 16.3 Å². The molecule has 2 nitrogen and oxygen atoms in total. The van der Waals surface area contributed by atoms with Gasteiger partial charge in [0.25, 0.3) is 0 Å². The molecule has 0 fully saturated rings. The van der Waals surface area contributed by atoms with Crippen molar-refractivity contribution in [2.45, 2.75) is 0 Å². The fourth-order valence-corrected chi connectivity index (χ4v) is 1.17. The van der Waals surface area contributed by atoms with Gasteiger partial charge in [-0.05, 0) is 24.6 Å². The molecule has 0 aliphatic rings. The lowest BCUT2D eigenvalue weighted by molar-refractivity contribution is 0.877. The molecule has 1 rings (SSSR count). The first kappa shape index (κ1) is 6.58. The number of thiophene rings is 1. The van der Waals surface area contributed by atoms with Crippen molar-refractivity contribution in [2.24, 2.45) is 0 Å². The van der Waals surface area contributed by atoms with Crippen LogP contribution in [0.2, 0.25) is 0 Å². The van der Waals surface area contributed by atoms with Gasteiger partial charge in [0.2, 0.25) is 0 Å². The number of hydrogen-bond acceptors (Lipinski definition) is 3. The molecule has 50 valence electrons. The topological polar surface area (TPSA) is 24.1 Å². The Hall–Kier alpha value is -0.540. The van der Waals surface area contributed by atoms with Gasteiger partial charge in [-0.25, -0.2) is 0 Å². The van der Waals surface area contributed by atoms with Crippen molar-refractivity contribution in [3.8, 4) is 0 Å². The molecule has 9 heavy (non-hydrogen) atoms. The molecule has 0 aliphatic carbocycles. The summed E-state index contributed by atoms with van der Waals surface area (Å²) in [7, 11) is 1.92. The molecule has 1 heterocycles. The smallest absolute Gasteiger partial charge is 0.0892 e. The molecular weight excluding hydrogens is 132 g/mol. The molecule has 0 amide bonds. The third-order valence-electron chi connectivity index (χ3n) is 0.961. The fourth-order valence-electron chi connectivity index (χ4n) is 0.555. The van der Waals surface area contributed by atoms with E-state index in [9.17, 15) is 0 Å². The van der Waals surface area contributed by atoms with Crippen LogP contribution in [-0.4, -0.2) is 13.7 Å². The second-order valence-corrected chi connectivity index (χ2v) is 2.63. The van der Waals surface area contributed by atoms with E-state index in [0.29, 0.717) is 0 Å². The molecule has 0 atom stereocenters. The number of rotatable bonds is 3. The zero-order valence-corrected chi connectivity index (χ0v) is 6.16. The van der Waals surface area contributed by atoms with Crippen LogP contribution >= 0.6 is 11.3 Å². The van der Waals surface area contributed by atoms with Crippen LogP contribution in [0.3, 0.4) is 0 Å². The summed E-state index contributed by atoms with van der Waals surface area (Å²) in [6.07, 6.45) is 0. The van der Waals surface area contributed by atoms with Crippen LogP contribution in [-0.2, 0) is 0 Å². The maximum absolute atomic E-state index is 3.18. The normalized spacial score (nSPS) is 9.44. The minimum absolute atomic E-state index is 0.834. The molecule has 0 radical (unpaired) electrons. The largest absolute Gasteiger partial charge is 0.364 e. The third-order valence-corrected chi connectivity index (χ3v) is 1.79. The van der Waals surface area contributed by atoms with E-state index in [2.05, 4.69) is 22.1 Å². The molecule has 0 unspecified atom stereocenters. The minimum Gasteiger partial charge on any atom is -0.364 e. The van der Waals surface area contributed by atoms with E-state index in [0.717, 1.165) is 6.67 Å². The number of hydrogen-bond donors (Lipinski definition) is 2. The summed E-state index contributed by atoms with van der Waals surface area (Å²) in [5.41, 5.74) is 0. The van der Waals surface area contributed by atoms with Gasteiger partial charge in [-0.3, -0.25) is 0 Å². The maximum atomic E-state index is 3.18. The van der Waals surface area contributed by atoms with Crippen molar-refractivity contribution in [1.29, 1.82) is 0 Å². The first-order valence-electron chi connectivity index (χ1n) is 2.85. The van der Waals surface area contributed by atoms with Crippen molar-refractivity contribution in [1.82, 2.24) is 5.32 Å². The minimum atomic E-state index is 0.834. The molecule has 2 N–H and O–H groups in total. The highest BCUT2D eigenvalue weighted by molar-refractivity contribution is 7.14. The molecule has 3 heteroatoms. The van der Waals surface area contributed by atoms with Crippen molar-refractivity contribution in [3.63, 3.8) is 0 Å². The molecule has 0 saturated carbocycles. The number of anilines is 1. The average molecular weight is 142 g/mol. The van der Waals surface area contributed by atoms with Gasteiger partial charge in [0, 0.05) is 0 Å². The lowest BCUT2D eigenvalue weighted by Crippen LogP contribution is -2.15. The monoisotopic (exact) mass is 142 g/mol. The highest BCUT2D eigenvalue weighted by Gasteiger charge is 1.86. The first-order valence-corrected chi connectivity index (χ1v) is 3.73. The fraction of sp³-hybridized carbons (Fsp3) is 0.333. The zero-order valence-electron chi connectivity index (χ0n) is 5.35. The zero-order chi connectivity index (χ0) is 6.53. The van der Waals surface area contributed by atoms with Gasteiger partial charge >= 0.3 is 0 Å². The molecular formula is C6H10N2S. The summed E-state index contributed by atoms with van der Waals surface area (Å²) < 4.78 is 0. The maximum Gasteiger partial charge on any atom is 0.0892 e. The lowest BCUT2D eigenvalue weighted by Gasteiger charge is -1.98. The predicted molar refractivity (Wildman–Crippen MR) is 41.9 cm³/mol. The van der Waals surface area contributed by atoms with E-state index in [4.69, 9.17) is 0 Å². The van der Waals surface area contributed by atoms with Crippen molar-refractivity contribution < 1.29 is 0 Å². The average Bonchev–Trinajstić information content (AvgIpc) is 2.34. The Morgan fingerprint density at radius 1 is 1.67 bits per heavy atom. The number of nitrogens with one attached hydrogen (secondary N) is 2. The Labute approximate surface area is 58.9 Å². The standard InChI is InChI=1S/C6H10N2S/c1-7-5-8-6-3-2-4-9-6/h2-4,7-8H,5H2,1H3. The van der Waals surface area contributed by atoms with Crippen LogP contribution in [0.4, 0.5) is 5.00 Å². The summed E-state index contributed by atoms with van der Waals surface area (Å²) in [5, 5.41) is 9.45. The summed E-state index contributed by atoms with van der Waals surface area (Å²) >= 11 is 1.71. The Bertz CT molecular complexity index is 148. The molecule has 1 aromatic heterocycles. The van der Waals surface area contributed by atoms with Crippen molar-refractivity contribution in [3.05, 3.63) is 17.5 Å². The van der Waals surface area contributed by atoms with Crippen LogP contribution in [0.5, 0.6) is 0 Å². The van der Waals surface area contributed by atoms with E-state index in [1.165, 1.54) is 5.00 Å². The van der Waals surface area contributed by atoms with Crippen molar-refractivity contribution in [2.75, 3.05) is 19.0 Å². The summed E-state index contributed by atoms with van der Waals surface area (Å²) in [4.78, 5) is 0. The van der Waals surface area contributed by atoms with Crippen LogP contribution in [0.1, 0.15) is 0 Å². The Morgan fingerprint density at radius 3 is 3.11 bits per heavy atom. The summed E-state index contributed by atoms with van der Waals surface area (Å²) in [6, 6.07) is 4.09. The van der Waals surface area contributed by atoms with Gasteiger partial charge in [-0.2, -0.15) is 0 Å². The first-order chi connectivity index (χ1) is 4.43. The second-order valence-electron chi connectivity index (χ2n) is 1.68. The van der Waals surface area contributed by atoms with Crippen LogP contribution in [0.15, 0.2) is 17.5 Å². The van der Waals surface area contributed by atoms with E-state index in [-0.39, 0.29) is 0 Å². The van der Waals surface area contributed by atoms with Gasteiger partial charge in [-0.1, -0.05) is 0 Å². The van der Waals surface area contributed by atoms with Crippen LogP contribution in [0.25, 0.3) is 0 Å². The highest BCUT2D eigenvalue weighted by atomic mass is 32.1. The molecule has 0 aliphatic heterocycles. The molecule has 1 aromatic rings. The molecule has 0 spiro atoms. The molecule has 0 bridgehead atoms. The Balaban J connectivity index is 2.30. The molecule has 0 saturated heterocycles. The van der Waals surface area contributed by atoms with E-state index in [1.807, 2.05) is 13.1 Å². The predicted octanol–water partition coefficient (Wildman–Crippen LogP) is 1.34. The third kappa shape index (κ3) is 2.03. The van der Waals surface area contributed by atoms with Crippen LogP contribution < -0.4 is 10.6 Å². The lowest BCUT2D eigenvalue weighted by atomic mass is 10.6. The van der Waals surface area contributed by atoms with Gasteiger partial charge in [0.05, 0.1) is 11.7 Å². The molecule has 0 aromatic carbocycles. The summed E-state index contributed by atoms with van der Waals surface area (Å²) in [5.74, 6) is 0. The van der Waals surface area contributed by atoms with E-state index >= 15 is 0 Å². The van der Waals surface area contributed by atoms with Crippen LogP contribution in [0, 0.1) is 0 Å². The van der Waals surface area contributed by atoms with E-state index < -0.39 is 0 Å². The second kappa shape index (κ2) is 3.48. The Kier molecular flexibility index (Phi) is 2.54. The highest BCUT2D eigenvalue weighted by Crippen LogP contribution is 2.13. The Morgan fingerprint density at radius 2 is 2.56 bits per heavy atom. The van der Waals surface area contributed by atoms with E-state index in [1.54, 1.807) is 11.3 Å².